The van der Waals surface area contributed by atoms with Gasteiger partial charge in [0.2, 0.25) is 0 Å². The maximum absolute atomic E-state index is 14.5. The molecule has 0 atom stereocenters. The van der Waals surface area contributed by atoms with E-state index in [4.69, 9.17) is 0 Å². The smallest absolute Gasteiger partial charge is 0.282 e. The summed E-state index contributed by atoms with van der Waals surface area (Å²) in [7, 11) is 0. The van der Waals surface area contributed by atoms with E-state index in [1.165, 1.54) is 35.4 Å². The molecule has 5 rings (SSSR count). The number of anilines is 1. The summed E-state index contributed by atoms with van der Waals surface area (Å²) in [6.45, 7) is 2.86. The van der Waals surface area contributed by atoms with Crippen LogP contribution >= 0.6 is 0 Å². The third-order valence-electron chi connectivity index (χ3n) is 6.51. The van der Waals surface area contributed by atoms with E-state index in [1.54, 1.807) is 12.1 Å². The number of pyridine rings is 1. The zero-order chi connectivity index (χ0) is 24.5. The van der Waals surface area contributed by atoms with Gasteiger partial charge < -0.3 is 4.90 Å². The molecular formula is C25H23F3N6O. The standard InChI is InChI=1S/C25H23F3N6O/c1-15-3-2-4-18(26)22(15)33-11-5-16(6-12-33)17-13-19-24(32-10-8-29-19)34(25(17)35)14-20-21(23(27)28)31-9-7-30-20/h2-4,7-10,13,16,23H,5-6,11-12,14H2,1H3. The van der Waals surface area contributed by atoms with Crippen LogP contribution < -0.4 is 10.5 Å². The van der Waals surface area contributed by atoms with Crippen LogP contribution in [0.4, 0.5) is 18.9 Å². The molecule has 10 heteroatoms. The van der Waals surface area contributed by atoms with Crippen molar-refractivity contribution >= 4 is 16.9 Å². The lowest BCUT2D eigenvalue weighted by Gasteiger charge is -2.34. The number of nitrogens with zero attached hydrogens (tertiary/aromatic N) is 6. The van der Waals surface area contributed by atoms with Crippen LogP contribution in [0.3, 0.4) is 0 Å². The molecule has 0 saturated carbocycles. The fourth-order valence-electron chi connectivity index (χ4n) is 4.82. The molecule has 0 radical (unpaired) electrons. The highest BCUT2D eigenvalue weighted by molar-refractivity contribution is 5.71. The van der Waals surface area contributed by atoms with Gasteiger partial charge in [0, 0.05) is 43.4 Å². The Balaban J connectivity index is 1.50. The monoisotopic (exact) mass is 480 g/mol. The lowest BCUT2D eigenvalue weighted by molar-refractivity contribution is 0.144. The van der Waals surface area contributed by atoms with Crippen LogP contribution in [-0.4, -0.2) is 37.6 Å². The lowest BCUT2D eigenvalue weighted by Crippen LogP contribution is -2.36. The Labute approximate surface area is 199 Å². The molecule has 1 aliphatic rings. The van der Waals surface area contributed by atoms with E-state index < -0.39 is 12.1 Å². The number of rotatable bonds is 5. The van der Waals surface area contributed by atoms with Crippen LogP contribution in [0, 0.1) is 12.7 Å². The molecule has 7 nitrogen and oxygen atoms in total. The first-order valence-corrected chi connectivity index (χ1v) is 11.4. The van der Waals surface area contributed by atoms with Crippen molar-refractivity contribution in [1.82, 2.24) is 24.5 Å². The Morgan fingerprint density at radius 1 is 1.03 bits per heavy atom. The Kier molecular flexibility index (Phi) is 6.19. The average Bonchev–Trinajstić information content (AvgIpc) is 2.86. The van der Waals surface area contributed by atoms with E-state index in [0.29, 0.717) is 48.3 Å². The van der Waals surface area contributed by atoms with Crippen molar-refractivity contribution < 1.29 is 13.2 Å². The number of benzene rings is 1. The summed E-state index contributed by atoms with van der Waals surface area (Å²) in [4.78, 5) is 32.1. The minimum Gasteiger partial charge on any atom is -0.369 e. The van der Waals surface area contributed by atoms with E-state index in [-0.39, 0.29) is 29.5 Å². The molecule has 1 aromatic carbocycles. The van der Waals surface area contributed by atoms with Crippen LogP contribution in [0.1, 0.15) is 47.7 Å². The highest BCUT2D eigenvalue weighted by Gasteiger charge is 2.27. The van der Waals surface area contributed by atoms with Crippen LogP contribution in [-0.2, 0) is 6.54 Å². The second-order valence-corrected chi connectivity index (χ2v) is 8.61. The molecule has 1 fully saturated rings. The van der Waals surface area contributed by atoms with Crippen molar-refractivity contribution in [3.8, 4) is 0 Å². The van der Waals surface area contributed by atoms with Gasteiger partial charge in [-0.2, -0.15) is 0 Å². The number of hydrogen-bond acceptors (Lipinski definition) is 6. The van der Waals surface area contributed by atoms with E-state index in [0.717, 1.165) is 5.56 Å². The minimum absolute atomic E-state index is 0.0125. The first-order valence-electron chi connectivity index (χ1n) is 11.4. The maximum Gasteiger partial charge on any atom is 0.282 e. The lowest BCUT2D eigenvalue weighted by atomic mass is 9.89. The molecule has 0 aliphatic carbocycles. The topological polar surface area (TPSA) is 76.8 Å². The van der Waals surface area contributed by atoms with Gasteiger partial charge in [-0.1, -0.05) is 12.1 Å². The van der Waals surface area contributed by atoms with E-state index in [9.17, 15) is 18.0 Å². The summed E-state index contributed by atoms with van der Waals surface area (Å²) in [5, 5.41) is 0. The molecule has 1 aliphatic heterocycles. The van der Waals surface area contributed by atoms with E-state index in [2.05, 4.69) is 19.9 Å². The Hall–Kier alpha value is -3.82. The van der Waals surface area contributed by atoms with Gasteiger partial charge in [0.25, 0.3) is 12.0 Å². The van der Waals surface area contributed by atoms with Gasteiger partial charge in [-0.05, 0) is 43.4 Å². The zero-order valence-corrected chi connectivity index (χ0v) is 19.0. The number of aryl methyl sites for hydroxylation is 1. The van der Waals surface area contributed by atoms with Crippen LogP contribution in [0.15, 0.2) is 53.8 Å². The summed E-state index contributed by atoms with van der Waals surface area (Å²) in [5.74, 6) is -0.342. The zero-order valence-electron chi connectivity index (χ0n) is 19.0. The van der Waals surface area contributed by atoms with Crippen molar-refractivity contribution in [2.75, 3.05) is 18.0 Å². The summed E-state index contributed by atoms with van der Waals surface area (Å²) in [6.07, 6.45) is 3.97. The van der Waals surface area contributed by atoms with Gasteiger partial charge in [0.1, 0.15) is 17.0 Å². The minimum atomic E-state index is -2.82. The number of aromatic nitrogens is 5. The summed E-state index contributed by atoms with van der Waals surface area (Å²) < 4.78 is 42.8. The number of para-hydroxylation sites is 1. The highest BCUT2D eigenvalue weighted by Crippen LogP contribution is 2.32. The van der Waals surface area contributed by atoms with Gasteiger partial charge in [-0.15, -0.1) is 0 Å². The first-order chi connectivity index (χ1) is 16.9. The molecular weight excluding hydrogens is 457 g/mol. The molecule has 4 aromatic rings. The SMILES string of the molecule is Cc1cccc(F)c1N1CCC(c2cc3nccnc3n(Cc3nccnc3C(F)F)c2=O)CC1. The molecule has 0 bridgehead atoms. The quantitative estimate of drug-likeness (QED) is 0.422. The molecule has 35 heavy (non-hydrogen) atoms. The number of halogens is 3. The Bertz CT molecular complexity index is 1410. The first kappa shape index (κ1) is 22.9. The Morgan fingerprint density at radius 3 is 2.49 bits per heavy atom. The van der Waals surface area contributed by atoms with Gasteiger partial charge in [0.05, 0.1) is 17.9 Å². The van der Waals surface area contributed by atoms with Crippen molar-refractivity contribution in [3.63, 3.8) is 0 Å². The largest absolute Gasteiger partial charge is 0.369 e. The summed E-state index contributed by atoms with van der Waals surface area (Å²) >= 11 is 0. The second kappa shape index (κ2) is 9.44. The molecule has 3 aromatic heterocycles. The predicted molar refractivity (Wildman–Crippen MR) is 125 cm³/mol. The molecule has 0 spiro atoms. The maximum atomic E-state index is 14.5. The van der Waals surface area contributed by atoms with Crippen LogP contribution in [0.5, 0.6) is 0 Å². The summed E-state index contributed by atoms with van der Waals surface area (Å²) in [5.41, 5.74) is 2.03. The highest BCUT2D eigenvalue weighted by atomic mass is 19.3. The third-order valence-corrected chi connectivity index (χ3v) is 6.51. The van der Waals surface area contributed by atoms with Gasteiger partial charge in [-0.25, -0.2) is 18.2 Å². The predicted octanol–water partition coefficient (Wildman–Crippen LogP) is 4.40. The number of alkyl halides is 2. The van der Waals surface area contributed by atoms with Crippen molar-refractivity contribution in [2.24, 2.45) is 0 Å². The molecule has 0 amide bonds. The second-order valence-electron chi connectivity index (χ2n) is 8.61. The summed E-state index contributed by atoms with van der Waals surface area (Å²) in [6, 6.07) is 6.76. The van der Waals surface area contributed by atoms with E-state index >= 15 is 0 Å². The molecule has 180 valence electrons. The molecule has 4 heterocycles. The number of piperidine rings is 1. The molecule has 0 unspecified atom stereocenters. The normalized spacial score (nSPS) is 14.7. The van der Waals surface area contributed by atoms with Crippen molar-refractivity contribution in [2.45, 2.75) is 38.7 Å². The number of hydrogen-bond donors (Lipinski definition) is 0. The molecule has 1 saturated heterocycles. The van der Waals surface area contributed by atoms with Gasteiger partial charge in [0.15, 0.2) is 5.65 Å². The van der Waals surface area contributed by atoms with Crippen molar-refractivity contribution in [3.05, 3.63) is 87.7 Å². The van der Waals surface area contributed by atoms with Gasteiger partial charge in [-0.3, -0.25) is 24.3 Å². The fraction of sp³-hybridized carbons (Fsp3) is 0.320. The van der Waals surface area contributed by atoms with E-state index in [1.807, 2.05) is 17.9 Å². The van der Waals surface area contributed by atoms with Crippen LogP contribution in [0.2, 0.25) is 0 Å². The van der Waals surface area contributed by atoms with Gasteiger partial charge >= 0.3 is 0 Å². The van der Waals surface area contributed by atoms with Crippen LogP contribution in [0.25, 0.3) is 11.2 Å². The number of fused-ring (bicyclic) bond motifs is 1. The Morgan fingerprint density at radius 2 is 1.74 bits per heavy atom. The average molecular weight is 480 g/mol. The third kappa shape index (κ3) is 4.36. The van der Waals surface area contributed by atoms with Crippen molar-refractivity contribution in [1.29, 1.82) is 0 Å². The fourth-order valence-corrected chi connectivity index (χ4v) is 4.82. The molecule has 0 N–H and O–H groups in total.